The van der Waals surface area contributed by atoms with Gasteiger partial charge in [-0.3, -0.25) is 4.79 Å². The van der Waals surface area contributed by atoms with Crippen LogP contribution in [0.15, 0.2) is 59.6 Å². The molecule has 0 N–H and O–H groups in total. The highest BCUT2D eigenvalue weighted by atomic mass is 32.2. The molecule has 2 aromatic heterocycles. The Morgan fingerprint density at radius 2 is 1.88 bits per heavy atom. The van der Waals surface area contributed by atoms with Crippen molar-refractivity contribution in [1.82, 2.24) is 14.8 Å². The quantitative estimate of drug-likeness (QED) is 0.242. The van der Waals surface area contributed by atoms with Crippen molar-refractivity contribution in [3.05, 3.63) is 77.4 Å². The fraction of sp³-hybridized carbons (Fsp3) is 0.296. The molecule has 0 saturated carbocycles. The van der Waals surface area contributed by atoms with Crippen LogP contribution in [0.2, 0.25) is 0 Å². The van der Waals surface area contributed by atoms with Gasteiger partial charge < -0.3 is 9.30 Å². The van der Waals surface area contributed by atoms with Gasteiger partial charge in [-0.15, -0.1) is 10.2 Å². The third-order valence-electron chi connectivity index (χ3n) is 6.40. The van der Waals surface area contributed by atoms with E-state index in [4.69, 9.17) is 4.74 Å². The number of nitrogens with zero attached hydrogens (tertiary/aromatic N) is 3. The third-order valence-corrected chi connectivity index (χ3v) is 7.38. The molecule has 0 spiro atoms. The zero-order chi connectivity index (χ0) is 23.7. The molecule has 2 aromatic carbocycles. The van der Waals surface area contributed by atoms with Crippen LogP contribution in [0.5, 0.6) is 0 Å². The van der Waals surface area contributed by atoms with Gasteiger partial charge in [-0.2, -0.15) is 0 Å². The van der Waals surface area contributed by atoms with Crippen LogP contribution in [-0.2, 0) is 11.3 Å². The lowest BCUT2D eigenvalue weighted by atomic mass is 10.1. The van der Waals surface area contributed by atoms with E-state index in [0.717, 1.165) is 59.3 Å². The summed E-state index contributed by atoms with van der Waals surface area (Å²) in [6.07, 6.45) is 2.39. The molecule has 1 aliphatic rings. The minimum absolute atomic E-state index is 0.0742. The van der Waals surface area contributed by atoms with Crippen LogP contribution < -0.4 is 0 Å². The van der Waals surface area contributed by atoms with Crippen LogP contribution >= 0.6 is 11.8 Å². The molecule has 34 heavy (non-hydrogen) atoms. The first-order chi connectivity index (χ1) is 16.5. The van der Waals surface area contributed by atoms with Crippen LogP contribution in [0.1, 0.15) is 34.6 Å². The summed E-state index contributed by atoms with van der Waals surface area (Å²) in [5.74, 6) is 0.0609. The molecule has 0 radical (unpaired) electrons. The SMILES string of the molecule is Cc1cc(C(=O)CSc2nnc(-c3ccc(F)cc3)c3ccccc23)c(C)n1CC1CCCO1. The van der Waals surface area contributed by atoms with Gasteiger partial charge in [0.1, 0.15) is 16.5 Å². The van der Waals surface area contributed by atoms with Crippen molar-refractivity contribution >= 4 is 28.3 Å². The number of carbonyl (C=O) groups excluding carboxylic acids is 1. The topological polar surface area (TPSA) is 57.0 Å². The number of carbonyl (C=O) groups is 1. The average Bonchev–Trinajstić information content (AvgIpc) is 3.47. The first-order valence-corrected chi connectivity index (χ1v) is 12.5. The standard InChI is InChI=1S/C27H26FN3O2S/c1-17-14-24(18(2)31(17)15-21-6-5-13-33-21)25(32)16-34-27-23-8-4-3-7-22(23)26(29-30-27)19-9-11-20(28)12-10-19/h3-4,7-12,14,21H,5-6,13,15-16H2,1-2H3. The smallest absolute Gasteiger partial charge is 0.174 e. The summed E-state index contributed by atoms with van der Waals surface area (Å²) in [7, 11) is 0. The summed E-state index contributed by atoms with van der Waals surface area (Å²) >= 11 is 1.40. The van der Waals surface area contributed by atoms with Gasteiger partial charge >= 0.3 is 0 Å². The normalized spacial score (nSPS) is 15.8. The number of ether oxygens (including phenoxy) is 1. The van der Waals surface area contributed by atoms with Crippen molar-refractivity contribution < 1.29 is 13.9 Å². The molecule has 1 aliphatic heterocycles. The van der Waals surface area contributed by atoms with Gasteiger partial charge in [-0.1, -0.05) is 36.0 Å². The summed E-state index contributed by atoms with van der Waals surface area (Å²) in [4.78, 5) is 13.1. The second kappa shape index (κ2) is 9.68. The lowest BCUT2D eigenvalue weighted by Crippen LogP contribution is -2.17. The Hall–Kier alpha value is -3.03. The fourth-order valence-corrected chi connectivity index (χ4v) is 5.43. The Kier molecular flexibility index (Phi) is 6.48. The maximum absolute atomic E-state index is 13.4. The first kappa shape index (κ1) is 22.7. The molecule has 5 rings (SSSR count). The number of Topliss-reactive ketones (excluding diaryl/α,β-unsaturated/α-hetero) is 1. The number of benzene rings is 2. The van der Waals surface area contributed by atoms with E-state index >= 15 is 0 Å². The molecule has 7 heteroatoms. The van der Waals surface area contributed by atoms with E-state index in [2.05, 4.69) is 14.8 Å². The molecular formula is C27H26FN3O2S. The lowest BCUT2D eigenvalue weighted by molar-refractivity contribution is 0.0957. The number of hydrogen-bond acceptors (Lipinski definition) is 5. The molecular weight excluding hydrogens is 449 g/mol. The average molecular weight is 476 g/mol. The number of rotatable bonds is 7. The number of hydrogen-bond donors (Lipinski definition) is 0. The third kappa shape index (κ3) is 4.50. The number of fused-ring (bicyclic) bond motifs is 1. The van der Waals surface area contributed by atoms with E-state index < -0.39 is 0 Å². The second-order valence-electron chi connectivity index (χ2n) is 8.65. The number of thioether (sulfide) groups is 1. The zero-order valence-electron chi connectivity index (χ0n) is 19.3. The van der Waals surface area contributed by atoms with Gasteiger partial charge in [0.05, 0.1) is 11.9 Å². The molecule has 5 nitrogen and oxygen atoms in total. The molecule has 174 valence electrons. The van der Waals surface area contributed by atoms with Gasteiger partial charge in [0.25, 0.3) is 0 Å². The van der Waals surface area contributed by atoms with E-state index in [1.165, 1.54) is 23.9 Å². The van der Waals surface area contributed by atoms with Gasteiger partial charge in [-0.05, 0) is 57.0 Å². The van der Waals surface area contributed by atoms with Crippen LogP contribution in [0.25, 0.3) is 22.0 Å². The highest BCUT2D eigenvalue weighted by molar-refractivity contribution is 8.00. The largest absolute Gasteiger partial charge is 0.376 e. The molecule has 4 aromatic rings. The summed E-state index contributed by atoms with van der Waals surface area (Å²) in [6.45, 7) is 5.66. The van der Waals surface area contributed by atoms with E-state index in [9.17, 15) is 9.18 Å². The predicted molar refractivity (Wildman–Crippen MR) is 133 cm³/mol. The van der Waals surface area contributed by atoms with Crippen molar-refractivity contribution in [3.8, 4) is 11.3 Å². The van der Waals surface area contributed by atoms with Crippen molar-refractivity contribution in [1.29, 1.82) is 0 Å². The van der Waals surface area contributed by atoms with Crippen molar-refractivity contribution in [3.63, 3.8) is 0 Å². The Morgan fingerprint density at radius 3 is 2.62 bits per heavy atom. The molecule has 0 amide bonds. The second-order valence-corrected chi connectivity index (χ2v) is 9.61. The Bertz CT molecular complexity index is 1340. The minimum atomic E-state index is -0.290. The first-order valence-electron chi connectivity index (χ1n) is 11.5. The summed E-state index contributed by atoms with van der Waals surface area (Å²) in [6, 6.07) is 16.1. The number of ketones is 1. The van der Waals surface area contributed by atoms with Crippen LogP contribution in [0.4, 0.5) is 4.39 Å². The summed E-state index contributed by atoms with van der Waals surface area (Å²) < 4.78 is 21.4. The van der Waals surface area contributed by atoms with Crippen molar-refractivity contribution in [2.24, 2.45) is 0 Å². The molecule has 1 saturated heterocycles. The molecule has 0 aliphatic carbocycles. The number of aromatic nitrogens is 3. The minimum Gasteiger partial charge on any atom is -0.376 e. The summed E-state index contributed by atoms with van der Waals surface area (Å²) in [5, 5.41) is 11.4. The van der Waals surface area contributed by atoms with Gasteiger partial charge in [-0.25, -0.2) is 4.39 Å². The molecule has 1 unspecified atom stereocenters. The van der Waals surface area contributed by atoms with E-state index in [1.807, 2.05) is 44.2 Å². The van der Waals surface area contributed by atoms with E-state index in [-0.39, 0.29) is 23.5 Å². The van der Waals surface area contributed by atoms with E-state index in [0.29, 0.717) is 10.7 Å². The molecule has 0 bridgehead atoms. The Balaban J connectivity index is 1.37. The maximum Gasteiger partial charge on any atom is 0.174 e. The van der Waals surface area contributed by atoms with E-state index in [1.54, 1.807) is 12.1 Å². The number of halogens is 1. The highest BCUT2D eigenvalue weighted by Crippen LogP contribution is 2.32. The number of aryl methyl sites for hydroxylation is 1. The predicted octanol–water partition coefficient (Wildman–Crippen LogP) is 6.01. The van der Waals surface area contributed by atoms with Gasteiger partial charge in [0.2, 0.25) is 0 Å². The monoisotopic (exact) mass is 475 g/mol. The van der Waals surface area contributed by atoms with Crippen LogP contribution in [-0.4, -0.2) is 39.0 Å². The van der Waals surface area contributed by atoms with Gasteiger partial charge in [0, 0.05) is 46.4 Å². The molecule has 1 fully saturated rings. The highest BCUT2D eigenvalue weighted by Gasteiger charge is 2.21. The zero-order valence-corrected chi connectivity index (χ0v) is 20.1. The molecule has 1 atom stereocenters. The summed E-state index contributed by atoms with van der Waals surface area (Å²) in [5.41, 5.74) is 4.32. The Labute approximate surface area is 202 Å². The van der Waals surface area contributed by atoms with Crippen LogP contribution in [0.3, 0.4) is 0 Å². The molecule has 3 heterocycles. The lowest BCUT2D eigenvalue weighted by Gasteiger charge is -2.14. The van der Waals surface area contributed by atoms with Crippen molar-refractivity contribution in [2.75, 3.05) is 12.4 Å². The maximum atomic E-state index is 13.4. The van der Waals surface area contributed by atoms with Crippen LogP contribution in [0, 0.1) is 19.7 Å². The fourth-order valence-electron chi connectivity index (χ4n) is 4.57. The van der Waals surface area contributed by atoms with Gasteiger partial charge in [0.15, 0.2) is 5.78 Å². The van der Waals surface area contributed by atoms with Crippen molar-refractivity contribution in [2.45, 2.75) is 44.4 Å². The Morgan fingerprint density at radius 1 is 1.12 bits per heavy atom.